The van der Waals surface area contributed by atoms with Gasteiger partial charge in [-0.2, -0.15) is 0 Å². The quantitative estimate of drug-likeness (QED) is 0.642. The van der Waals surface area contributed by atoms with Crippen LogP contribution in [0.2, 0.25) is 0 Å². The minimum Gasteiger partial charge on any atom is -0.311 e. The Hall–Kier alpha value is -1.75. The van der Waals surface area contributed by atoms with Crippen molar-refractivity contribution in [2.24, 2.45) is 7.05 Å². The van der Waals surface area contributed by atoms with Crippen molar-refractivity contribution in [2.75, 3.05) is 0 Å². The summed E-state index contributed by atoms with van der Waals surface area (Å²) in [6.07, 6.45) is 4.84. The lowest BCUT2D eigenvalue weighted by Crippen LogP contribution is -2.47. The van der Waals surface area contributed by atoms with Gasteiger partial charge in [-0.15, -0.1) is 12.4 Å². The maximum absolute atomic E-state index is 12.7. The Balaban J connectivity index is 0.00000196. The van der Waals surface area contributed by atoms with Gasteiger partial charge in [0.25, 0.3) is 5.56 Å². The van der Waals surface area contributed by atoms with E-state index in [9.17, 15) is 18.0 Å². The number of halogens is 1. The van der Waals surface area contributed by atoms with E-state index in [-0.39, 0.29) is 34.4 Å². The predicted octanol–water partition coefficient (Wildman–Crippen LogP) is -0.395. The van der Waals surface area contributed by atoms with Gasteiger partial charge in [-0.1, -0.05) is 0 Å². The van der Waals surface area contributed by atoms with Gasteiger partial charge in [-0.05, 0) is 31.7 Å². The largest absolute Gasteiger partial charge is 0.329 e. The summed E-state index contributed by atoms with van der Waals surface area (Å²) in [6, 6.07) is 1.86. The van der Waals surface area contributed by atoms with Gasteiger partial charge in [0.2, 0.25) is 10.0 Å². The molecule has 2 fully saturated rings. The SMILES string of the molecule is Cl.Cn1c(=O)[nH]c(=O)c2cc(S(=O)(=O)NC3CC4CCC(C3)N4)cnc21. The van der Waals surface area contributed by atoms with Crippen LogP contribution < -0.4 is 21.3 Å². The summed E-state index contributed by atoms with van der Waals surface area (Å²) < 4.78 is 29.3. The van der Waals surface area contributed by atoms with Crippen molar-refractivity contribution in [3.63, 3.8) is 0 Å². The fourth-order valence-electron chi connectivity index (χ4n) is 3.81. The molecule has 0 aliphatic carbocycles. The number of aromatic nitrogens is 3. The van der Waals surface area contributed by atoms with Crippen molar-refractivity contribution in [1.82, 2.24) is 24.6 Å². The molecule has 0 radical (unpaired) electrons. The van der Waals surface area contributed by atoms with Gasteiger partial charge in [0.1, 0.15) is 10.5 Å². The number of sulfonamides is 1. The molecule has 0 aromatic carbocycles. The number of aromatic amines is 1. The van der Waals surface area contributed by atoms with E-state index in [4.69, 9.17) is 0 Å². The molecule has 2 atom stereocenters. The van der Waals surface area contributed by atoms with E-state index in [1.54, 1.807) is 0 Å². The molecule has 2 unspecified atom stereocenters. The highest BCUT2D eigenvalue weighted by molar-refractivity contribution is 7.89. The highest BCUT2D eigenvalue weighted by Crippen LogP contribution is 2.27. The van der Waals surface area contributed by atoms with Gasteiger partial charge in [0, 0.05) is 31.4 Å². The molecule has 0 amide bonds. The Kier molecular flexibility index (Phi) is 4.95. The third-order valence-electron chi connectivity index (χ3n) is 5.03. The second-order valence-corrected chi connectivity index (χ2v) is 8.50. The van der Waals surface area contributed by atoms with Gasteiger partial charge in [0.15, 0.2) is 0 Å². The molecule has 2 saturated heterocycles. The number of hydrogen-bond acceptors (Lipinski definition) is 6. The molecule has 0 saturated carbocycles. The molecule has 2 aliphatic heterocycles. The number of fused-ring (bicyclic) bond motifs is 3. The lowest BCUT2D eigenvalue weighted by molar-refractivity contribution is 0.345. The zero-order valence-corrected chi connectivity index (χ0v) is 15.7. The standard InChI is InChI=1S/C15H19N5O4S.ClH/c1-20-13-12(14(21)18-15(20)22)6-11(7-16-13)25(23,24)19-10-4-8-2-3-9(5-10)17-8;/h6-10,17,19H,2-5H2,1H3,(H,18,21,22);1H. The first-order valence-electron chi connectivity index (χ1n) is 8.21. The molecule has 4 heterocycles. The Morgan fingerprint density at radius 1 is 1.23 bits per heavy atom. The first-order chi connectivity index (χ1) is 11.8. The zero-order valence-electron chi connectivity index (χ0n) is 14.1. The fourth-order valence-corrected chi connectivity index (χ4v) is 5.04. The number of nitrogens with zero attached hydrogens (tertiary/aromatic N) is 2. The number of piperidine rings is 1. The summed E-state index contributed by atoms with van der Waals surface area (Å²) in [5.41, 5.74) is -1.10. The van der Waals surface area contributed by atoms with Crippen molar-refractivity contribution in [3.8, 4) is 0 Å². The maximum atomic E-state index is 12.7. The van der Waals surface area contributed by atoms with E-state index < -0.39 is 21.3 Å². The average Bonchev–Trinajstić information content (AvgIpc) is 2.90. The third-order valence-corrected chi connectivity index (χ3v) is 6.52. The van der Waals surface area contributed by atoms with Crippen molar-refractivity contribution in [1.29, 1.82) is 0 Å². The van der Waals surface area contributed by atoms with Crippen LogP contribution in [0.5, 0.6) is 0 Å². The van der Waals surface area contributed by atoms with E-state index in [0.29, 0.717) is 12.1 Å². The van der Waals surface area contributed by atoms with Crippen LogP contribution in [0.15, 0.2) is 26.7 Å². The summed E-state index contributed by atoms with van der Waals surface area (Å²) in [5.74, 6) is 0. The van der Waals surface area contributed by atoms with Crippen molar-refractivity contribution in [2.45, 2.75) is 48.7 Å². The van der Waals surface area contributed by atoms with Crippen LogP contribution in [0, 0.1) is 0 Å². The molecule has 3 N–H and O–H groups in total. The monoisotopic (exact) mass is 401 g/mol. The molecule has 9 nitrogen and oxygen atoms in total. The molecular formula is C15H20ClN5O4S. The summed E-state index contributed by atoms with van der Waals surface area (Å²) >= 11 is 0. The van der Waals surface area contributed by atoms with E-state index in [0.717, 1.165) is 25.7 Å². The minimum absolute atomic E-state index is 0. The van der Waals surface area contributed by atoms with E-state index >= 15 is 0 Å². The number of nitrogens with one attached hydrogen (secondary N) is 3. The Morgan fingerprint density at radius 3 is 2.54 bits per heavy atom. The number of rotatable bonds is 3. The average molecular weight is 402 g/mol. The molecule has 2 aliphatic rings. The lowest BCUT2D eigenvalue weighted by atomic mass is 10.0. The van der Waals surface area contributed by atoms with Crippen molar-refractivity contribution in [3.05, 3.63) is 33.1 Å². The van der Waals surface area contributed by atoms with Crippen LogP contribution in [0.1, 0.15) is 25.7 Å². The highest BCUT2D eigenvalue weighted by atomic mass is 35.5. The lowest BCUT2D eigenvalue weighted by Gasteiger charge is -2.29. The second-order valence-electron chi connectivity index (χ2n) is 6.79. The zero-order chi connectivity index (χ0) is 17.8. The van der Waals surface area contributed by atoms with Gasteiger partial charge in [0.05, 0.1) is 5.39 Å². The summed E-state index contributed by atoms with van der Waals surface area (Å²) in [5, 5.41) is 3.53. The van der Waals surface area contributed by atoms with Crippen LogP contribution in [-0.2, 0) is 17.1 Å². The molecule has 4 rings (SSSR count). The van der Waals surface area contributed by atoms with E-state index in [1.807, 2.05) is 0 Å². The summed E-state index contributed by atoms with van der Waals surface area (Å²) in [4.78, 5) is 29.7. The van der Waals surface area contributed by atoms with Gasteiger partial charge < -0.3 is 5.32 Å². The topological polar surface area (TPSA) is 126 Å². The third kappa shape index (κ3) is 3.29. The van der Waals surface area contributed by atoms with Crippen LogP contribution in [0.4, 0.5) is 0 Å². The van der Waals surface area contributed by atoms with Gasteiger partial charge in [-0.3, -0.25) is 14.3 Å². The molecule has 0 spiro atoms. The number of hydrogen-bond donors (Lipinski definition) is 3. The minimum atomic E-state index is -3.79. The van der Waals surface area contributed by atoms with E-state index in [1.165, 1.54) is 23.9 Å². The molecule has 2 bridgehead atoms. The summed E-state index contributed by atoms with van der Waals surface area (Å²) in [7, 11) is -2.33. The molecule has 11 heteroatoms. The smallest absolute Gasteiger partial charge is 0.311 e. The van der Waals surface area contributed by atoms with Crippen LogP contribution >= 0.6 is 12.4 Å². The van der Waals surface area contributed by atoms with E-state index in [2.05, 4.69) is 20.0 Å². The Labute approximate surface area is 155 Å². The number of pyridine rings is 1. The first kappa shape index (κ1) is 19.0. The Bertz CT molecular complexity index is 1050. The second kappa shape index (κ2) is 6.76. The molecule has 2 aromatic heterocycles. The fraction of sp³-hybridized carbons (Fsp3) is 0.533. The molecule has 2 aromatic rings. The predicted molar refractivity (Wildman–Crippen MR) is 98.1 cm³/mol. The normalized spacial score (nSPS) is 25.2. The van der Waals surface area contributed by atoms with Crippen LogP contribution in [-0.4, -0.2) is 41.1 Å². The van der Waals surface area contributed by atoms with Crippen LogP contribution in [0.3, 0.4) is 0 Å². The Morgan fingerprint density at radius 2 is 1.88 bits per heavy atom. The van der Waals surface area contributed by atoms with Gasteiger partial charge in [-0.25, -0.2) is 22.9 Å². The maximum Gasteiger partial charge on any atom is 0.329 e. The van der Waals surface area contributed by atoms with Gasteiger partial charge >= 0.3 is 5.69 Å². The first-order valence-corrected chi connectivity index (χ1v) is 9.69. The number of H-pyrrole nitrogens is 1. The van der Waals surface area contributed by atoms with Crippen molar-refractivity contribution >= 4 is 33.5 Å². The summed E-state index contributed by atoms with van der Waals surface area (Å²) in [6.45, 7) is 0. The molecule has 142 valence electrons. The highest BCUT2D eigenvalue weighted by Gasteiger charge is 2.35. The van der Waals surface area contributed by atoms with Crippen LogP contribution in [0.25, 0.3) is 11.0 Å². The molecular weight excluding hydrogens is 382 g/mol. The van der Waals surface area contributed by atoms with Crippen molar-refractivity contribution < 1.29 is 8.42 Å². The number of aryl methyl sites for hydroxylation is 1. The molecule has 26 heavy (non-hydrogen) atoms.